The van der Waals surface area contributed by atoms with Crippen LogP contribution in [0.25, 0.3) is 10.9 Å². The minimum atomic E-state index is -0.170. The molecule has 2 aromatic rings. The molecule has 1 aromatic carbocycles. The molecule has 1 amide bonds. The van der Waals surface area contributed by atoms with Crippen molar-refractivity contribution >= 4 is 34.1 Å². The number of halogens is 1. The van der Waals surface area contributed by atoms with Gasteiger partial charge in [-0.1, -0.05) is 11.6 Å². The zero-order chi connectivity index (χ0) is 13.1. The number of benzene rings is 1. The molecule has 0 aliphatic rings. The van der Waals surface area contributed by atoms with E-state index in [0.717, 1.165) is 5.39 Å². The molecule has 94 valence electrons. The molecule has 0 aliphatic heterocycles. The van der Waals surface area contributed by atoms with E-state index in [-0.39, 0.29) is 18.4 Å². The Labute approximate surface area is 110 Å². The van der Waals surface area contributed by atoms with E-state index >= 15 is 0 Å². The Bertz CT molecular complexity index is 583. The number of fused-ring (bicyclic) bond motifs is 1. The molecule has 0 spiro atoms. The van der Waals surface area contributed by atoms with Gasteiger partial charge in [0.1, 0.15) is 0 Å². The first-order valence-electron chi connectivity index (χ1n) is 5.66. The zero-order valence-electron chi connectivity index (χ0n) is 9.98. The summed E-state index contributed by atoms with van der Waals surface area (Å²) in [6, 6.07) is 6.99. The van der Waals surface area contributed by atoms with E-state index in [4.69, 9.17) is 17.3 Å². The molecule has 1 unspecified atom stereocenters. The molecular weight excluding hydrogens is 250 g/mol. The summed E-state index contributed by atoms with van der Waals surface area (Å²) in [5, 5.41) is 4.23. The molecule has 5 heteroatoms. The van der Waals surface area contributed by atoms with Crippen LogP contribution >= 0.6 is 11.6 Å². The molecule has 0 saturated carbocycles. The number of carbonyl (C=O) groups excluding carboxylic acids is 1. The number of nitrogens with two attached hydrogens (primary N) is 1. The third-order valence-corrected chi connectivity index (χ3v) is 2.83. The Morgan fingerprint density at radius 2 is 2.28 bits per heavy atom. The second-order valence-corrected chi connectivity index (χ2v) is 4.63. The van der Waals surface area contributed by atoms with Crippen molar-refractivity contribution in [3.63, 3.8) is 0 Å². The van der Waals surface area contributed by atoms with E-state index < -0.39 is 0 Å². The van der Waals surface area contributed by atoms with Gasteiger partial charge in [-0.15, -0.1) is 0 Å². The zero-order valence-corrected chi connectivity index (χ0v) is 10.7. The average Bonchev–Trinajstić information content (AvgIpc) is 2.32. The number of nitrogens with one attached hydrogen (secondary N) is 1. The Balaban J connectivity index is 2.34. The Morgan fingerprint density at radius 1 is 1.50 bits per heavy atom. The molecular formula is C13H14ClN3O. The number of nitrogens with zero attached hydrogens (tertiary/aromatic N) is 1. The standard InChI is InChI=1S/C13H14ClN3O/c1-8(15)7-12(18)17-11-5-4-10(14)9-3-2-6-16-13(9)11/h2-6,8H,7,15H2,1H3,(H,17,18). The first kappa shape index (κ1) is 12.8. The second-order valence-electron chi connectivity index (χ2n) is 4.22. The average molecular weight is 264 g/mol. The SMILES string of the molecule is CC(N)CC(=O)Nc1ccc(Cl)c2cccnc12. The lowest BCUT2D eigenvalue weighted by Gasteiger charge is -2.10. The summed E-state index contributed by atoms with van der Waals surface area (Å²) >= 11 is 6.08. The maximum atomic E-state index is 11.7. The quantitative estimate of drug-likeness (QED) is 0.894. The summed E-state index contributed by atoms with van der Waals surface area (Å²) in [5.41, 5.74) is 6.92. The number of hydrogen-bond donors (Lipinski definition) is 2. The Kier molecular flexibility index (Phi) is 3.79. The van der Waals surface area contributed by atoms with E-state index in [1.165, 1.54) is 0 Å². The molecule has 1 heterocycles. The Hall–Kier alpha value is -1.65. The van der Waals surface area contributed by atoms with Gasteiger partial charge in [-0.05, 0) is 31.2 Å². The van der Waals surface area contributed by atoms with Crippen LogP contribution in [0.1, 0.15) is 13.3 Å². The Morgan fingerprint density at radius 3 is 3.00 bits per heavy atom. The number of amides is 1. The van der Waals surface area contributed by atoms with Gasteiger partial charge in [0.15, 0.2) is 0 Å². The van der Waals surface area contributed by atoms with Gasteiger partial charge in [-0.25, -0.2) is 0 Å². The highest BCUT2D eigenvalue weighted by molar-refractivity contribution is 6.35. The lowest BCUT2D eigenvalue weighted by atomic mass is 10.1. The van der Waals surface area contributed by atoms with Crippen LogP contribution in [0.3, 0.4) is 0 Å². The van der Waals surface area contributed by atoms with Crippen LogP contribution < -0.4 is 11.1 Å². The van der Waals surface area contributed by atoms with Crippen molar-refractivity contribution in [2.75, 3.05) is 5.32 Å². The van der Waals surface area contributed by atoms with Crippen molar-refractivity contribution in [3.05, 3.63) is 35.5 Å². The third-order valence-electron chi connectivity index (χ3n) is 2.50. The largest absolute Gasteiger partial charge is 0.327 e. The van der Waals surface area contributed by atoms with E-state index in [2.05, 4.69) is 10.3 Å². The van der Waals surface area contributed by atoms with Gasteiger partial charge in [0, 0.05) is 24.0 Å². The monoisotopic (exact) mass is 263 g/mol. The van der Waals surface area contributed by atoms with Crippen LogP contribution in [0.15, 0.2) is 30.5 Å². The molecule has 0 fully saturated rings. The predicted molar refractivity (Wildman–Crippen MR) is 73.6 cm³/mol. The second kappa shape index (κ2) is 5.33. The smallest absolute Gasteiger partial charge is 0.225 e. The van der Waals surface area contributed by atoms with Crippen molar-refractivity contribution in [1.82, 2.24) is 4.98 Å². The van der Waals surface area contributed by atoms with E-state index in [9.17, 15) is 4.79 Å². The van der Waals surface area contributed by atoms with Gasteiger partial charge in [0.05, 0.1) is 16.2 Å². The molecule has 0 aliphatic carbocycles. The fourth-order valence-corrected chi connectivity index (χ4v) is 1.95. The van der Waals surface area contributed by atoms with Crippen molar-refractivity contribution in [2.24, 2.45) is 5.73 Å². The van der Waals surface area contributed by atoms with E-state index in [1.807, 2.05) is 12.1 Å². The molecule has 1 atom stereocenters. The first-order valence-corrected chi connectivity index (χ1v) is 6.04. The summed E-state index contributed by atoms with van der Waals surface area (Å²) < 4.78 is 0. The third kappa shape index (κ3) is 2.78. The topological polar surface area (TPSA) is 68.0 Å². The molecule has 4 nitrogen and oxygen atoms in total. The maximum absolute atomic E-state index is 11.7. The molecule has 18 heavy (non-hydrogen) atoms. The lowest BCUT2D eigenvalue weighted by Crippen LogP contribution is -2.24. The fourth-order valence-electron chi connectivity index (χ4n) is 1.73. The molecule has 1 aromatic heterocycles. The van der Waals surface area contributed by atoms with Crippen molar-refractivity contribution in [3.8, 4) is 0 Å². The van der Waals surface area contributed by atoms with E-state index in [0.29, 0.717) is 16.2 Å². The van der Waals surface area contributed by atoms with Crippen LogP contribution in [-0.2, 0) is 4.79 Å². The van der Waals surface area contributed by atoms with E-state index in [1.54, 1.807) is 25.3 Å². The van der Waals surface area contributed by atoms with Crippen LogP contribution in [0.4, 0.5) is 5.69 Å². The molecule has 2 rings (SSSR count). The van der Waals surface area contributed by atoms with Gasteiger partial charge in [-0.3, -0.25) is 9.78 Å². The summed E-state index contributed by atoms with van der Waals surface area (Å²) in [7, 11) is 0. The van der Waals surface area contributed by atoms with Crippen LogP contribution in [-0.4, -0.2) is 16.9 Å². The van der Waals surface area contributed by atoms with Gasteiger partial charge >= 0.3 is 0 Å². The molecule has 0 bridgehead atoms. The first-order chi connectivity index (χ1) is 8.58. The maximum Gasteiger partial charge on any atom is 0.225 e. The highest BCUT2D eigenvalue weighted by atomic mass is 35.5. The van der Waals surface area contributed by atoms with Crippen LogP contribution in [0.5, 0.6) is 0 Å². The van der Waals surface area contributed by atoms with Crippen molar-refractivity contribution in [2.45, 2.75) is 19.4 Å². The van der Waals surface area contributed by atoms with Gasteiger partial charge in [0.2, 0.25) is 5.91 Å². The summed E-state index contributed by atoms with van der Waals surface area (Å²) in [5.74, 6) is -0.126. The molecule has 3 N–H and O–H groups in total. The number of anilines is 1. The molecule has 0 saturated heterocycles. The molecule has 0 radical (unpaired) electrons. The number of carbonyl (C=O) groups is 1. The summed E-state index contributed by atoms with van der Waals surface area (Å²) in [6.07, 6.45) is 1.94. The predicted octanol–water partition coefficient (Wildman–Crippen LogP) is 2.56. The normalized spacial score (nSPS) is 12.4. The minimum Gasteiger partial charge on any atom is -0.327 e. The fraction of sp³-hybridized carbons (Fsp3) is 0.231. The number of rotatable bonds is 3. The highest BCUT2D eigenvalue weighted by Crippen LogP contribution is 2.27. The number of aromatic nitrogens is 1. The van der Waals surface area contributed by atoms with Crippen molar-refractivity contribution in [1.29, 1.82) is 0 Å². The summed E-state index contributed by atoms with van der Waals surface area (Å²) in [6.45, 7) is 1.79. The highest BCUT2D eigenvalue weighted by Gasteiger charge is 2.10. The summed E-state index contributed by atoms with van der Waals surface area (Å²) in [4.78, 5) is 15.9. The lowest BCUT2D eigenvalue weighted by molar-refractivity contribution is -0.116. The van der Waals surface area contributed by atoms with Crippen LogP contribution in [0, 0.1) is 0 Å². The van der Waals surface area contributed by atoms with Crippen molar-refractivity contribution < 1.29 is 4.79 Å². The van der Waals surface area contributed by atoms with Gasteiger partial charge in [0.25, 0.3) is 0 Å². The minimum absolute atomic E-state index is 0.126. The van der Waals surface area contributed by atoms with Gasteiger partial charge in [-0.2, -0.15) is 0 Å². The van der Waals surface area contributed by atoms with Crippen LogP contribution in [0.2, 0.25) is 5.02 Å². The van der Waals surface area contributed by atoms with Gasteiger partial charge < -0.3 is 11.1 Å². The number of pyridine rings is 1. The number of hydrogen-bond acceptors (Lipinski definition) is 3.